The number of likely N-dealkylation sites (N-methyl/N-ethyl adjacent to an activating group) is 1. The fourth-order valence-corrected chi connectivity index (χ4v) is 2.81. The second kappa shape index (κ2) is 6.68. The Hall–Kier alpha value is -1.39. The maximum atomic E-state index is 13.7. The number of rotatable bonds is 6. The summed E-state index contributed by atoms with van der Waals surface area (Å²) in [6.07, 6.45) is 0.769. The van der Waals surface area contributed by atoms with Crippen LogP contribution in [0.4, 0.5) is 4.39 Å². The van der Waals surface area contributed by atoms with Crippen LogP contribution in [-0.2, 0) is 6.42 Å². The van der Waals surface area contributed by atoms with E-state index >= 15 is 0 Å². The SMILES string of the molecule is CCNC(Cc1ccc(OC)c(F)c1)c1ccsc1. The second-order valence-electron chi connectivity index (χ2n) is 4.34. The maximum Gasteiger partial charge on any atom is 0.165 e. The van der Waals surface area contributed by atoms with Crippen LogP contribution in [0.1, 0.15) is 24.1 Å². The summed E-state index contributed by atoms with van der Waals surface area (Å²) in [5.41, 5.74) is 2.22. The molecule has 4 heteroatoms. The molecule has 1 atom stereocenters. The number of halogens is 1. The van der Waals surface area contributed by atoms with E-state index in [2.05, 4.69) is 29.1 Å². The Balaban J connectivity index is 2.15. The third-order valence-electron chi connectivity index (χ3n) is 3.05. The van der Waals surface area contributed by atoms with E-state index in [9.17, 15) is 4.39 Å². The van der Waals surface area contributed by atoms with Gasteiger partial charge in [0.1, 0.15) is 0 Å². The lowest BCUT2D eigenvalue weighted by atomic mass is 10.0. The van der Waals surface area contributed by atoms with Crippen molar-refractivity contribution in [3.63, 3.8) is 0 Å². The van der Waals surface area contributed by atoms with E-state index in [1.54, 1.807) is 23.5 Å². The number of ether oxygens (including phenoxy) is 1. The van der Waals surface area contributed by atoms with Gasteiger partial charge in [-0.1, -0.05) is 13.0 Å². The van der Waals surface area contributed by atoms with Gasteiger partial charge in [0.15, 0.2) is 11.6 Å². The van der Waals surface area contributed by atoms with Gasteiger partial charge in [-0.3, -0.25) is 0 Å². The molecule has 0 fully saturated rings. The van der Waals surface area contributed by atoms with Crippen molar-refractivity contribution >= 4 is 11.3 Å². The van der Waals surface area contributed by atoms with Gasteiger partial charge in [-0.25, -0.2) is 4.39 Å². The van der Waals surface area contributed by atoms with E-state index in [0.29, 0.717) is 5.75 Å². The van der Waals surface area contributed by atoms with Crippen molar-refractivity contribution in [3.05, 3.63) is 52.0 Å². The van der Waals surface area contributed by atoms with Gasteiger partial charge in [0, 0.05) is 6.04 Å². The molecule has 2 nitrogen and oxygen atoms in total. The third-order valence-corrected chi connectivity index (χ3v) is 3.75. The molecule has 1 heterocycles. The van der Waals surface area contributed by atoms with Crippen molar-refractivity contribution in [3.8, 4) is 5.75 Å². The number of hydrogen-bond acceptors (Lipinski definition) is 3. The summed E-state index contributed by atoms with van der Waals surface area (Å²) in [5, 5.41) is 7.63. The van der Waals surface area contributed by atoms with Gasteiger partial charge in [-0.15, -0.1) is 0 Å². The number of thiophene rings is 1. The van der Waals surface area contributed by atoms with Crippen molar-refractivity contribution in [1.29, 1.82) is 0 Å². The quantitative estimate of drug-likeness (QED) is 0.868. The molecule has 0 aliphatic heterocycles. The Morgan fingerprint density at radius 2 is 2.21 bits per heavy atom. The number of methoxy groups -OCH3 is 1. The lowest BCUT2D eigenvalue weighted by Crippen LogP contribution is -2.22. The molecule has 1 N–H and O–H groups in total. The molecule has 1 unspecified atom stereocenters. The van der Waals surface area contributed by atoms with Gasteiger partial charge < -0.3 is 10.1 Å². The van der Waals surface area contributed by atoms with Crippen molar-refractivity contribution < 1.29 is 9.13 Å². The molecule has 0 aliphatic carbocycles. The van der Waals surface area contributed by atoms with Crippen LogP contribution in [0, 0.1) is 5.82 Å². The van der Waals surface area contributed by atoms with Gasteiger partial charge in [-0.05, 0) is 53.1 Å². The summed E-state index contributed by atoms with van der Waals surface area (Å²) in [6, 6.07) is 7.48. The van der Waals surface area contributed by atoms with Crippen LogP contribution in [0.5, 0.6) is 5.75 Å². The van der Waals surface area contributed by atoms with Crippen molar-refractivity contribution in [2.45, 2.75) is 19.4 Å². The zero-order valence-electron chi connectivity index (χ0n) is 11.2. The first-order chi connectivity index (χ1) is 9.24. The molecule has 0 bridgehead atoms. The first-order valence-corrected chi connectivity index (χ1v) is 7.26. The number of nitrogens with one attached hydrogen (secondary N) is 1. The summed E-state index contributed by atoms with van der Waals surface area (Å²) >= 11 is 1.68. The minimum Gasteiger partial charge on any atom is -0.494 e. The number of hydrogen-bond donors (Lipinski definition) is 1. The van der Waals surface area contributed by atoms with Gasteiger partial charge in [0.2, 0.25) is 0 Å². The monoisotopic (exact) mass is 279 g/mol. The van der Waals surface area contributed by atoms with E-state index < -0.39 is 0 Å². The Bertz CT molecular complexity index is 513. The van der Waals surface area contributed by atoms with Crippen molar-refractivity contribution in [1.82, 2.24) is 5.32 Å². The first kappa shape index (κ1) is 14.0. The molecule has 0 aliphatic rings. The Morgan fingerprint density at radius 1 is 1.37 bits per heavy atom. The molecule has 102 valence electrons. The fourth-order valence-electron chi connectivity index (χ4n) is 2.10. The summed E-state index contributed by atoms with van der Waals surface area (Å²) in [4.78, 5) is 0. The second-order valence-corrected chi connectivity index (χ2v) is 5.12. The Labute approximate surface area is 117 Å². The third kappa shape index (κ3) is 3.55. The molecule has 19 heavy (non-hydrogen) atoms. The van der Waals surface area contributed by atoms with Crippen molar-refractivity contribution in [2.75, 3.05) is 13.7 Å². The van der Waals surface area contributed by atoms with Gasteiger partial charge in [-0.2, -0.15) is 11.3 Å². The van der Waals surface area contributed by atoms with Gasteiger partial charge in [0.05, 0.1) is 7.11 Å². The lowest BCUT2D eigenvalue weighted by molar-refractivity contribution is 0.386. The van der Waals surface area contributed by atoms with Crippen LogP contribution in [0.15, 0.2) is 35.0 Å². The average molecular weight is 279 g/mol. The van der Waals surface area contributed by atoms with Crippen LogP contribution in [-0.4, -0.2) is 13.7 Å². The smallest absolute Gasteiger partial charge is 0.165 e. The molecule has 1 aromatic heterocycles. The minimum atomic E-state index is -0.305. The normalized spacial score (nSPS) is 12.4. The zero-order valence-corrected chi connectivity index (χ0v) is 12.0. The van der Waals surface area contributed by atoms with Crippen molar-refractivity contribution in [2.24, 2.45) is 0 Å². The topological polar surface area (TPSA) is 21.3 Å². The van der Waals surface area contributed by atoms with Gasteiger partial charge in [0.25, 0.3) is 0 Å². The highest BCUT2D eigenvalue weighted by Crippen LogP contribution is 2.24. The van der Waals surface area contributed by atoms with Gasteiger partial charge >= 0.3 is 0 Å². The fraction of sp³-hybridized carbons (Fsp3) is 0.333. The number of benzene rings is 1. The summed E-state index contributed by atoms with van der Waals surface area (Å²) in [6.45, 7) is 2.97. The molecule has 0 amide bonds. The minimum absolute atomic E-state index is 0.226. The molecule has 0 saturated heterocycles. The summed E-state index contributed by atoms with van der Waals surface area (Å²) < 4.78 is 18.6. The van der Waals surface area contributed by atoms with Crippen LogP contribution in [0.3, 0.4) is 0 Å². The first-order valence-electron chi connectivity index (χ1n) is 6.32. The van der Waals surface area contributed by atoms with E-state index in [-0.39, 0.29) is 11.9 Å². The van der Waals surface area contributed by atoms with E-state index in [4.69, 9.17) is 4.74 Å². The summed E-state index contributed by atoms with van der Waals surface area (Å²) in [7, 11) is 1.48. The highest BCUT2D eigenvalue weighted by Gasteiger charge is 2.13. The summed E-state index contributed by atoms with van der Waals surface area (Å²) in [5.74, 6) is -0.0140. The van der Waals surface area contributed by atoms with Crippen LogP contribution >= 0.6 is 11.3 Å². The standard InChI is InChI=1S/C15H18FNOS/c1-3-17-14(12-6-7-19-10-12)9-11-4-5-15(18-2)13(16)8-11/h4-8,10,14,17H,3,9H2,1-2H3. The molecule has 0 saturated carbocycles. The largest absolute Gasteiger partial charge is 0.494 e. The van der Waals surface area contributed by atoms with Crippen LogP contribution in [0.2, 0.25) is 0 Å². The molecule has 0 radical (unpaired) electrons. The predicted octanol–water partition coefficient (Wildman–Crippen LogP) is 3.79. The molecule has 2 aromatic rings. The van der Waals surface area contributed by atoms with E-state index in [1.807, 2.05) is 6.07 Å². The van der Waals surface area contributed by atoms with Crippen LogP contribution < -0.4 is 10.1 Å². The molecular formula is C15H18FNOS. The molecule has 1 aromatic carbocycles. The molecule has 2 rings (SSSR count). The molecule has 0 spiro atoms. The Kier molecular flexibility index (Phi) is 4.93. The highest BCUT2D eigenvalue weighted by molar-refractivity contribution is 7.07. The molecular weight excluding hydrogens is 261 g/mol. The zero-order chi connectivity index (χ0) is 13.7. The highest BCUT2D eigenvalue weighted by atomic mass is 32.1. The maximum absolute atomic E-state index is 13.7. The average Bonchev–Trinajstić information content (AvgIpc) is 2.92. The Morgan fingerprint density at radius 3 is 2.79 bits per heavy atom. The predicted molar refractivity (Wildman–Crippen MR) is 77.4 cm³/mol. The van der Waals surface area contributed by atoms with Crippen LogP contribution in [0.25, 0.3) is 0 Å². The van der Waals surface area contributed by atoms with E-state index in [1.165, 1.54) is 12.7 Å². The lowest BCUT2D eigenvalue weighted by Gasteiger charge is -2.17. The van der Waals surface area contributed by atoms with E-state index in [0.717, 1.165) is 18.5 Å².